The second-order valence-electron chi connectivity index (χ2n) is 5.82. The van der Waals surface area contributed by atoms with E-state index in [1.54, 1.807) is 24.3 Å². The lowest BCUT2D eigenvalue weighted by Gasteiger charge is -2.09. The summed E-state index contributed by atoms with van der Waals surface area (Å²) in [6.07, 6.45) is 0. The third-order valence-electron chi connectivity index (χ3n) is 3.83. The lowest BCUT2D eigenvalue weighted by molar-refractivity contribution is 0.0600. The minimum absolute atomic E-state index is 0.0425. The van der Waals surface area contributed by atoms with Gasteiger partial charge < -0.3 is 4.74 Å². The molecule has 5 nitrogen and oxygen atoms in total. The summed E-state index contributed by atoms with van der Waals surface area (Å²) in [4.78, 5) is 11.5. The predicted octanol–water partition coefficient (Wildman–Crippen LogP) is 3.67. The normalized spacial score (nSPS) is 10.5. The highest BCUT2D eigenvalue weighted by Crippen LogP contribution is 2.18. The molecular weight excluding hydrogens is 374 g/mol. The van der Waals surface area contributed by atoms with Gasteiger partial charge in [-0.2, -0.15) is 0 Å². The number of rotatable bonds is 4. The maximum atomic E-state index is 12.6. The first-order valence-electron chi connectivity index (χ1n) is 8.36. The summed E-state index contributed by atoms with van der Waals surface area (Å²) in [5, 5.41) is 0. The van der Waals surface area contributed by atoms with E-state index in [0.29, 0.717) is 11.3 Å². The fraction of sp³-hybridized carbons (Fsp3) is 0.0455. The maximum absolute atomic E-state index is 12.6. The van der Waals surface area contributed by atoms with Crippen molar-refractivity contribution in [3.05, 3.63) is 95.6 Å². The quantitative estimate of drug-likeness (QED) is 0.544. The Morgan fingerprint density at radius 3 is 2.18 bits per heavy atom. The summed E-state index contributed by atoms with van der Waals surface area (Å²) >= 11 is 0. The Labute approximate surface area is 164 Å². The summed E-state index contributed by atoms with van der Waals surface area (Å²) in [6.45, 7) is 0. The first-order valence-corrected chi connectivity index (χ1v) is 9.84. The summed E-state index contributed by atoms with van der Waals surface area (Å²) < 4.78 is 32.3. The van der Waals surface area contributed by atoms with Gasteiger partial charge >= 0.3 is 5.97 Å². The number of hydrogen-bond acceptors (Lipinski definition) is 4. The van der Waals surface area contributed by atoms with Crippen LogP contribution in [0.2, 0.25) is 0 Å². The molecule has 0 fully saturated rings. The van der Waals surface area contributed by atoms with Gasteiger partial charge in [-0.1, -0.05) is 36.1 Å². The number of anilines is 1. The van der Waals surface area contributed by atoms with E-state index in [9.17, 15) is 13.2 Å². The lowest BCUT2D eigenvalue weighted by Crippen LogP contribution is -2.13. The number of esters is 1. The van der Waals surface area contributed by atoms with Crippen LogP contribution in [0, 0.1) is 11.8 Å². The molecule has 0 aliphatic carbocycles. The molecule has 3 aromatic carbocycles. The Kier molecular flexibility index (Phi) is 5.78. The third kappa shape index (κ3) is 4.78. The summed E-state index contributed by atoms with van der Waals surface area (Å²) in [7, 11) is -2.53. The molecule has 6 heteroatoms. The number of carbonyl (C=O) groups excluding carboxylic acids is 1. The molecule has 3 aromatic rings. The van der Waals surface area contributed by atoms with E-state index in [0.717, 1.165) is 5.56 Å². The summed E-state index contributed by atoms with van der Waals surface area (Å²) in [5.41, 5.74) is 2.24. The zero-order valence-corrected chi connectivity index (χ0v) is 15.9. The van der Waals surface area contributed by atoms with Crippen LogP contribution in [0.5, 0.6) is 0 Å². The van der Waals surface area contributed by atoms with Crippen molar-refractivity contribution in [2.75, 3.05) is 11.8 Å². The first-order chi connectivity index (χ1) is 13.5. The average Bonchev–Trinajstić information content (AvgIpc) is 2.72. The molecule has 0 saturated heterocycles. The van der Waals surface area contributed by atoms with Crippen molar-refractivity contribution >= 4 is 21.7 Å². The van der Waals surface area contributed by atoms with Crippen LogP contribution in [-0.4, -0.2) is 21.5 Å². The Morgan fingerprint density at radius 1 is 0.857 bits per heavy atom. The van der Waals surface area contributed by atoms with Gasteiger partial charge in [0.25, 0.3) is 10.0 Å². The molecule has 0 aromatic heterocycles. The average molecular weight is 391 g/mol. The van der Waals surface area contributed by atoms with Crippen molar-refractivity contribution in [2.45, 2.75) is 4.90 Å². The molecule has 0 atom stereocenters. The van der Waals surface area contributed by atoms with Gasteiger partial charge in [-0.25, -0.2) is 13.2 Å². The smallest absolute Gasteiger partial charge is 0.337 e. The Balaban J connectivity index is 1.79. The molecule has 0 amide bonds. The molecule has 0 unspecified atom stereocenters. The van der Waals surface area contributed by atoms with Crippen LogP contribution >= 0.6 is 0 Å². The van der Waals surface area contributed by atoms with E-state index in [-0.39, 0.29) is 10.5 Å². The van der Waals surface area contributed by atoms with Crippen molar-refractivity contribution in [2.24, 2.45) is 0 Å². The van der Waals surface area contributed by atoms with Crippen molar-refractivity contribution in [1.29, 1.82) is 0 Å². The van der Waals surface area contributed by atoms with E-state index >= 15 is 0 Å². The maximum Gasteiger partial charge on any atom is 0.337 e. The highest BCUT2D eigenvalue weighted by atomic mass is 32.2. The second-order valence-corrected chi connectivity index (χ2v) is 7.50. The van der Waals surface area contributed by atoms with Gasteiger partial charge in [0.05, 0.1) is 23.3 Å². The largest absolute Gasteiger partial charge is 0.465 e. The summed E-state index contributed by atoms with van der Waals surface area (Å²) in [6, 6.07) is 21.9. The topological polar surface area (TPSA) is 72.5 Å². The van der Waals surface area contributed by atoms with Gasteiger partial charge in [0.1, 0.15) is 0 Å². The van der Waals surface area contributed by atoms with Gasteiger partial charge in [0.2, 0.25) is 0 Å². The minimum Gasteiger partial charge on any atom is -0.465 e. The highest BCUT2D eigenvalue weighted by Gasteiger charge is 2.15. The monoisotopic (exact) mass is 391 g/mol. The van der Waals surface area contributed by atoms with Crippen LogP contribution in [0.1, 0.15) is 21.5 Å². The van der Waals surface area contributed by atoms with Crippen LogP contribution < -0.4 is 4.72 Å². The molecular formula is C22H17NO4S. The fourth-order valence-electron chi connectivity index (χ4n) is 2.43. The number of nitrogens with one attached hydrogen (secondary N) is 1. The number of benzene rings is 3. The second kappa shape index (κ2) is 8.42. The van der Waals surface area contributed by atoms with Crippen molar-refractivity contribution < 1.29 is 17.9 Å². The zero-order chi connectivity index (χ0) is 20.0. The van der Waals surface area contributed by atoms with Crippen LogP contribution in [0.3, 0.4) is 0 Å². The number of sulfonamides is 1. The van der Waals surface area contributed by atoms with E-state index in [4.69, 9.17) is 0 Å². The van der Waals surface area contributed by atoms with E-state index in [1.165, 1.54) is 31.4 Å². The van der Waals surface area contributed by atoms with E-state index in [2.05, 4.69) is 21.3 Å². The molecule has 0 aliphatic rings. The van der Waals surface area contributed by atoms with Crippen molar-refractivity contribution in [3.8, 4) is 11.8 Å². The molecule has 140 valence electrons. The molecule has 0 spiro atoms. The third-order valence-corrected chi connectivity index (χ3v) is 5.22. The molecule has 28 heavy (non-hydrogen) atoms. The van der Waals surface area contributed by atoms with E-state index < -0.39 is 16.0 Å². The Bertz CT molecular complexity index is 1140. The van der Waals surface area contributed by atoms with Crippen LogP contribution in [0.15, 0.2) is 83.8 Å². The SMILES string of the molecule is COC(=O)c1ccc(S(=O)(=O)Nc2cccc(C#Cc3ccccc3)c2)cc1. The van der Waals surface area contributed by atoms with Gasteiger partial charge in [-0.05, 0) is 54.6 Å². The predicted molar refractivity (Wildman–Crippen MR) is 107 cm³/mol. The van der Waals surface area contributed by atoms with Gasteiger partial charge in [0, 0.05) is 11.1 Å². The van der Waals surface area contributed by atoms with Gasteiger partial charge in [0.15, 0.2) is 0 Å². The van der Waals surface area contributed by atoms with Crippen molar-refractivity contribution in [3.63, 3.8) is 0 Å². The number of carbonyl (C=O) groups is 1. The Hall–Kier alpha value is -3.56. The van der Waals surface area contributed by atoms with Crippen LogP contribution in [0.25, 0.3) is 0 Å². The number of ether oxygens (including phenoxy) is 1. The van der Waals surface area contributed by atoms with Crippen LogP contribution in [0.4, 0.5) is 5.69 Å². The first kappa shape index (κ1) is 19.2. The van der Waals surface area contributed by atoms with E-state index in [1.807, 2.05) is 30.3 Å². The molecule has 1 N–H and O–H groups in total. The van der Waals surface area contributed by atoms with Gasteiger partial charge in [-0.15, -0.1) is 0 Å². The number of methoxy groups -OCH3 is 1. The highest BCUT2D eigenvalue weighted by molar-refractivity contribution is 7.92. The minimum atomic E-state index is -3.80. The summed E-state index contributed by atoms with van der Waals surface area (Å²) in [5.74, 6) is 5.52. The standard InChI is InChI=1S/C22H17NO4S/c1-27-22(24)19-12-14-21(15-13-19)28(25,26)23-20-9-5-8-18(16-20)11-10-17-6-3-2-4-7-17/h2-9,12-16,23H,1H3. The number of hydrogen-bond donors (Lipinski definition) is 1. The fourth-order valence-corrected chi connectivity index (χ4v) is 3.48. The Morgan fingerprint density at radius 2 is 1.50 bits per heavy atom. The molecule has 3 rings (SSSR count). The molecule has 0 radical (unpaired) electrons. The molecule has 0 aliphatic heterocycles. The van der Waals surface area contributed by atoms with Gasteiger partial charge in [-0.3, -0.25) is 4.72 Å². The molecule has 0 bridgehead atoms. The zero-order valence-electron chi connectivity index (χ0n) is 15.0. The molecule has 0 heterocycles. The van der Waals surface area contributed by atoms with Crippen molar-refractivity contribution in [1.82, 2.24) is 0 Å². The van der Waals surface area contributed by atoms with Crippen LogP contribution in [-0.2, 0) is 14.8 Å². The lowest BCUT2D eigenvalue weighted by atomic mass is 10.2. The molecule has 0 saturated carbocycles.